The van der Waals surface area contributed by atoms with E-state index in [-0.39, 0.29) is 6.54 Å². The lowest BCUT2D eigenvalue weighted by molar-refractivity contribution is -0.0109. The summed E-state index contributed by atoms with van der Waals surface area (Å²) in [6.07, 6.45) is 0.571. The Morgan fingerprint density at radius 1 is 1.53 bits per heavy atom. The number of piperidine rings is 1. The highest BCUT2D eigenvalue weighted by atomic mass is 19.1. The number of hydrogen-bond acceptors (Lipinski definition) is 3. The Kier molecular flexibility index (Phi) is 4.02. The van der Waals surface area contributed by atoms with Gasteiger partial charge in [-0.15, -0.1) is 0 Å². The zero-order valence-corrected chi connectivity index (χ0v) is 11.1. The van der Waals surface area contributed by atoms with Crippen molar-refractivity contribution < 1.29 is 13.9 Å². The smallest absolute Gasteiger partial charge is 0.410 e. The van der Waals surface area contributed by atoms with E-state index in [4.69, 9.17) is 10.5 Å². The Labute approximate surface area is 102 Å². The summed E-state index contributed by atoms with van der Waals surface area (Å²) in [4.78, 5) is 13.2. The second-order valence-electron chi connectivity index (χ2n) is 5.83. The van der Waals surface area contributed by atoms with E-state index in [0.717, 1.165) is 0 Å². The van der Waals surface area contributed by atoms with Crippen LogP contribution in [0.2, 0.25) is 0 Å². The van der Waals surface area contributed by atoms with Crippen molar-refractivity contribution in [2.75, 3.05) is 13.1 Å². The SMILES string of the molecule is CC(N)C1(F)CCCN(C(=O)OC(C)(C)C)C1. The maximum atomic E-state index is 14.4. The molecule has 0 radical (unpaired) electrons. The largest absolute Gasteiger partial charge is 0.444 e. The van der Waals surface area contributed by atoms with Crippen LogP contribution in [0.25, 0.3) is 0 Å². The number of carbonyl (C=O) groups is 1. The molecule has 0 saturated carbocycles. The molecule has 1 saturated heterocycles. The minimum Gasteiger partial charge on any atom is -0.444 e. The van der Waals surface area contributed by atoms with E-state index >= 15 is 0 Å². The molecule has 1 heterocycles. The summed E-state index contributed by atoms with van der Waals surface area (Å²) in [7, 11) is 0. The van der Waals surface area contributed by atoms with Crippen LogP contribution in [0, 0.1) is 0 Å². The third-order valence-electron chi connectivity index (χ3n) is 2.94. The van der Waals surface area contributed by atoms with Crippen LogP contribution in [0.3, 0.4) is 0 Å². The minimum atomic E-state index is -1.49. The molecule has 0 spiro atoms. The third-order valence-corrected chi connectivity index (χ3v) is 2.94. The molecule has 1 fully saturated rings. The Hall–Kier alpha value is -0.840. The van der Waals surface area contributed by atoms with E-state index < -0.39 is 23.4 Å². The fourth-order valence-corrected chi connectivity index (χ4v) is 1.89. The van der Waals surface area contributed by atoms with Gasteiger partial charge < -0.3 is 15.4 Å². The molecule has 1 amide bonds. The van der Waals surface area contributed by atoms with Crippen molar-refractivity contribution in [2.45, 2.75) is 57.8 Å². The first kappa shape index (κ1) is 14.2. The van der Waals surface area contributed by atoms with E-state index in [1.165, 1.54) is 4.90 Å². The molecule has 0 aromatic carbocycles. The van der Waals surface area contributed by atoms with Gasteiger partial charge in [-0.2, -0.15) is 0 Å². The van der Waals surface area contributed by atoms with Gasteiger partial charge in [0.25, 0.3) is 0 Å². The van der Waals surface area contributed by atoms with Crippen molar-refractivity contribution in [1.82, 2.24) is 4.90 Å². The Morgan fingerprint density at radius 3 is 2.59 bits per heavy atom. The molecule has 0 bridgehead atoms. The fourth-order valence-electron chi connectivity index (χ4n) is 1.89. The summed E-state index contributed by atoms with van der Waals surface area (Å²) in [5.41, 5.74) is 3.59. The van der Waals surface area contributed by atoms with Crippen molar-refractivity contribution in [2.24, 2.45) is 5.73 Å². The summed E-state index contributed by atoms with van der Waals surface area (Å²) in [5, 5.41) is 0. The summed E-state index contributed by atoms with van der Waals surface area (Å²) in [5.74, 6) is 0. The topological polar surface area (TPSA) is 55.6 Å². The van der Waals surface area contributed by atoms with Crippen LogP contribution in [-0.2, 0) is 4.74 Å². The number of hydrogen-bond donors (Lipinski definition) is 1. The van der Waals surface area contributed by atoms with Crippen LogP contribution in [-0.4, -0.2) is 41.4 Å². The van der Waals surface area contributed by atoms with E-state index in [1.54, 1.807) is 27.7 Å². The van der Waals surface area contributed by atoms with E-state index in [0.29, 0.717) is 19.4 Å². The van der Waals surface area contributed by atoms with E-state index in [2.05, 4.69) is 0 Å². The normalized spacial score (nSPS) is 27.8. The summed E-state index contributed by atoms with van der Waals surface area (Å²) in [6, 6.07) is -0.576. The van der Waals surface area contributed by atoms with Gasteiger partial charge in [-0.25, -0.2) is 9.18 Å². The molecule has 2 unspecified atom stereocenters. The predicted molar refractivity (Wildman–Crippen MR) is 64.5 cm³/mol. The van der Waals surface area contributed by atoms with Crippen molar-refractivity contribution in [3.8, 4) is 0 Å². The number of ether oxygens (including phenoxy) is 1. The maximum Gasteiger partial charge on any atom is 0.410 e. The molecular formula is C12H23FN2O2. The Morgan fingerprint density at radius 2 is 2.12 bits per heavy atom. The van der Waals surface area contributed by atoms with Crippen LogP contribution < -0.4 is 5.73 Å². The van der Waals surface area contributed by atoms with Crippen LogP contribution in [0.4, 0.5) is 9.18 Å². The number of nitrogens with zero attached hydrogens (tertiary/aromatic N) is 1. The summed E-state index contributed by atoms with van der Waals surface area (Å²) in [6.45, 7) is 7.58. The molecular weight excluding hydrogens is 223 g/mol. The van der Waals surface area contributed by atoms with Gasteiger partial charge in [0, 0.05) is 12.6 Å². The van der Waals surface area contributed by atoms with Crippen LogP contribution >= 0.6 is 0 Å². The molecule has 1 aliphatic rings. The van der Waals surface area contributed by atoms with Gasteiger partial charge >= 0.3 is 6.09 Å². The molecule has 5 heteroatoms. The lowest BCUT2D eigenvalue weighted by atomic mass is 9.89. The number of halogens is 1. The third kappa shape index (κ3) is 3.84. The Balaban J connectivity index is 2.64. The number of likely N-dealkylation sites (tertiary alicyclic amines) is 1. The van der Waals surface area contributed by atoms with Crippen LogP contribution in [0.15, 0.2) is 0 Å². The molecule has 2 N–H and O–H groups in total. The minimum absolute atomic E-state index is 0.0274. The molecule has 0 aromatic rings. The lowest BCUT2D eigenvalue weighted by Crippen LogP contribution is -2.56. The van der Waals surface area contributed by atoms with Gasteiger partial charge in [-0.05, 0) is 40.5 Å². The number of amides is 1. The summed E-state index contributed by atoms with van der Waals surface area (Å²) < 4.78 is 19.6. The van der Waals surface area contributed by atoms with Crippen LogP contribution in [0.1, 0.15) is 40.5 Å². The maximum absolute atomic E-state index is 14.4. The average molecular weight is 246 g/mol. The molecule has 2 atom stereocenters. The highest BCUT2D eigenvalue weighted by Gasteiger charge is 2.41. The number of carbonyl (C=O) groups excluding carboxylic acids is 1. The molecule has 0 aliphatic carbocycles. The molecule has 0 aromatic heterocycles. The van der Waals surface area contributed by atoms with Gasteiger partial charge in [0.15, 0.2) is 0 Å². The number of rotatable bonds is 1. The molecule has 4 nitrogen and oxygen atoms in total. The highest BCUT2D eigenvalue weighted by Crippen LogP contribution is 2.28. The van der Waals surface area contributed by atoms with Crippen molar-refractivity contribution in [1.29, 1.82) is 0 Å². The van der Waals surface area contributed by atoms with Gasteiger partial charge in [0.1, 0.15) is 11.3 Å². The van der Waals surface area contributed by atoms with Crippen LogP contribution in [0.5, 0.6) is 0 Å². The predicted octanol–water partition coefficient (Wildman–Crippen LogP) is 2.07. The zero-order valence-electron chi connectivity index (χ0n) is 11.1. The van der Waals surface area contributed by atoms with Crippen molar-refractivity contribution >= 4 is 6.09 Å². The highest BCUT2D eigenvalue weighted by molar-refractivity contribution is 5.68. The first-order valence-electron chi connectivity index (χ1n) is 6.06. The van der Waals surface area contributed by atoms with Crippen molar-refractivity contribution in [3.63, 3.8) is 0 Å². The van der Waals surface area contributed by atoms with Gasteiger partial charge in [0.05, 0.1) is 6.54 Å². The second kappa shape index (κ2) is 4.80. The van der Waals surface area contributed by atoms with E-state index in [9.17, 15) is 9.18 Å². The molecule has 1 rings (SSSR count). The standard InChI is InChI=1S/C12H23FN2O2/c1-9(14)12(13)6-5-7-15(8-12)10(16)17-11(2,3)4/h9H,5-8,14H2,1-4H3. The Bertz CT molecular complexity index is 289. The molecule has 17 heavy (non-hydrogen) atoms. The van der Waals surface area contributed by atoms with Gasteiger partial charge in [-0.1, -0.05) is 0 Å². The quantitative estimate of drug-likeness (QED) is 0.770. The zero-order chi connectivity index (χ0) is 13.3. The molecule has 1 aliphatic heterocycles. The monoisotopic (exact) mass is 246 g/mol. The average Bonchev–Trinajstić information content (AvgIpc) is 2.15. The van der Waals surface area contributed by atoms with E-state index in [1.807, 2.05) is 0 Å². The fraction of sp³-hybridized carbons (Fsp3) is 0.917. The first-order valence-corrected chi connectivity index (χ1v) is 6.06. The molecule has 100 valence electrons. The summed E-state index contributed by atoms with van der Waals surface area (Å²) >= 11 is 0. The first-order chi connectivity index (χ1) is 7.64. The number of alkyl halides is 1. The van der Waals surface area contributed by atoms with Gasteiger partial charge in [0.2, 0.25) is 0 Å². The van der Waals surface area contributed by atoms with Gasteiger partial charge in [-0.3, -0.25) is 0 Å². The van der Waals surface area contributed by atoms with Crippen molar-refractivity contribution in [3.05, 3.63) is 0 Å². The second-order valence-corrected chi connectivity index (χ2v) is 5.83. The lowest BCUT2D eigenvalue weighted by Gasteiger charge is -2.39. The number of nitrogens with two attached hydrogens (primary N) is 1.